The monoisotopic (exact) mass is 597 g/mol. The van der Waals surface area contributed by atoms with Crippen LogP contribution in [0.5, 0.6) is 0 Å². The summed E-state index contributed by atoms with van der Waals surface area (Å²) < 4.78 is 3.85. The van der Waals surface area contributed by atoms with Gasteiger partial charge < -0.3 is 20.1 Å². The van der Waals surface area contributed by atoms with Gasteiger partial charge in [-0.25, -0.2) is 4.98 Å². The molecule has 0 spiro atoms. The van der Waals surface area contributed by atoms with Crippen LogP contribution in [-0.4, -0.2) is 45.3 Å². The van der Waals surface area contributed by atoms with Crippen LogP contribution in [-0.2, 0) is 6.54 Å². The number of pyridine rings is 1. The summed E-state index contributed by atoms with van der Waals surface area (Å²) in [5.41, 5.74) is 5.03. The topological polar surface area (TPSA) is 80.0 Å². The van der Waals surface area contributed by atoms with Crippen molar-refractivity contribution in [1.82, 2.24) is 24.4 Å². The molecule has 5 aromatic rings. The third kappa shape index (κ3) is 6.36. The van der Waals surface area contributed by atoms with Crippen LogP contribution in [0.25, 0.3) is 16.7 Å². The third-order valence-corrected chi connectivity index (χ3v) is 9.17. The molecule has 7 rings (SSSR count). The molecule has 2 aromatic carbocycles. The number of rotatable bonds is 7. The van der Waals surface area contributed by atoms with Crippen LogP contribution in [0.2, 0.25) is 0 Å². The SMILES string of the molecule is CN(c1ccc(Nc2ncc3cc(C#CC4CCCC4)c(=O)n(Cc4cccn4-c4ccccc4)c3n2)cc1)C1CCNCC1. The van der Waals surface area contributed by atoms with Gasteiger partial charge in [0.1, 0.15) is 5.65 Å². The summed E-state index contributed by atoms with van der Waals surface area (Å²) in [5.74, 6) is 7.41. The van der Waals surface area contributed by atoms with Gasteiger partial charge in [-0.3, -0.25) is 9.36 Å². The van der Waals surface area contributed by atoms with Crippen molar-refractivity contribution in [3.63, 3.8) is 0 Å². The lowest BCUT2D eigenvalue weighted by Gasteiger charge is -2.33. The van der Waals surface area contributed by atoms with Crippen molar-refractivity contribution in [3.05, 3.63) is 107 Å². The maximum absolute atomic E-state index is 14.0. The smallest absolute Gasteiger partial charge is 0.268 e. The van der Waals surface area contributed by atoms with E-state index in [0.29, 0.717) is 35.7 Å². The molecule has 3 aromatic heterocycles. The standard InChI is InChI=1S/C37H39N7O/c1-42(32-19-21-38-22-20-32)31-17-15-30(16-18-31)40-37-39-25-29-24-28(14-13-27-8-5-6-9-27)36(45)44(35(29)41-37)26-34-12-7-23-43(34)33-10-3-2-4-11-33/h2-4,7,10-12,15-18,23-25,27,32,38H,5-6,8-9,19-22,26H2,1H3,(H,39,40,41). The molecule has 0 amide bonds. The maximum Gasteiger partial charge on any atom is 0.268 e. The molecule has 2 N–H and O–H groups in total. The van der Waals surface area contributed by atoms with E-state index in [9.17, 15) is 4.79 Å². The second kappa shape index (κ2) is 13.0. The first kappa shape index (κ1) is 28.9. The van der Waals surface area contributed by atoms with Gasteiger partial charge in [-0.05, 0) is 93.4 Å². The fourth-order valence-corrected chi connectivity index (χ4v) is 6.57. The normalized spacial score (nSPS) is 15.6. The van der Waals surface area contributed by atoms with Crippen molar-refractivity contribution in [1.29, 1.82) is 0 Å². The lowest BCUT2D eigenvalue weighted by atomic mass is 10.0. The van der Waals surface area contributed by atoms with E-state index in [4.69, 9.17) is 4.98 Å². The Kier molecular flexibility index (Phi) is 8.35. The minimum atomic E-state index is -0.135. The molecule has 0 bridgehead atoms. The van der Waals surface area contributed by atoms with Crippen molar-refractivity contribution in [2.24, 2.45) is 5.92 Å². The molecule has 2 aliphatic rings. The summed E-state index contributed by atoms with van der Waals surface area (Å²) in [6, 6.07) is 25.0. The minimum absolute atomic E-state index is 0.135. The second-order valence-corrected chi connectivity index (χ2v) is 12.1. The molecule has 8 nitrogen and oxygen atoms in total. The fraction of sp³-hybridized carbons (Fsp3) is 0.324. The first-order chi connectivity index (χ1) is 22.1. The third-order valence-electron chi connectivity index (χ3n) is 9.17. The predicted octanol–water partition coefficient (Wildman–Crippen LogP) is 6.10. The van der Waals surface area contributed by atoms with E-state index >= 15 is 0 Å². The Hall–Kier alpha value is -4.87. The summed E-state index contributed by atoms with van der Waals surface area (Å²) in [4.78, 5) is 25.9. The number of aromatic nitrogens is 4. The molecule has 45 heavy (non-hydrogen) atoms. The van der Waals surface area contributed by atoms with Crippen LogP contribution in [0.3, 0.4) is 0 Å². The molecule has 8 heteroatoms. The Labute approximate surface area is 264 Å². The summed E-state index contributed by atoms with van der Waals surface area (Å²) in [7, 11) is 2.17. The van der Waals surface area contributed by atoms with Gasteiger partial charge in [0.25, 0.3) is 5.56 Å². The number of piperidine rings is 1. The van der Waals surface area contributed by atoms with E-state index in [2.05, 4.69) is 80.4 Å². The zero-order valence-corrected chi connectivity index (χ0v) is 25.7. The van der Waals surface area contributed by atoms with Crippen LogP contribution in [0, 0.1) is 17.8 Å². The van der Waals surface area contributed by atoms with Crippen LogP contribution < -0.4 is 21.1 Å². The van der Waals surface area contributed by atoms with Gasteiger partial charge in [0, 0.05) is 59.5 Å². The number of nitrogens with one attached hydrogen (secondary N) is 2. The van der Waals surface area contributed by atoms with Gasteiger partial charge in [0.2, 0.25) is 5.95 Å². The Balaban J connectivity index is 1.22. The Morgan fingerprint density at radius 2 is 1.76 bits per heavy atom. The predicted molar refractivity (Wildman–Crippen MR) is 182 cm³/mol. The summed E-state index contributed by atoms with van der Waals surface area (Å²) >= 11 is 0. The number of benzene rings is 2. The zero-order valence-electron chi connectivity index (χ0n) is 25.7. The molecular formula is C37H39N7O. The molecule has 1 saturated carbocycles. The van der Waals surface area contributed by atoms with Gasteiger partial charge in [0.05, 0.1) is 12.1 Å². The van der Waals surface area contributed by atoms with Crippen LogP contribution >= 0.6 is 0 Å². The van der Waals surface area contributed by atoms with Crippen molar-refractivity contribution in [2.75, 3.05) is 30.4 Å². The van der Waals surface area contributed by atoms with E-state index in [1.54, 1.807) is 10.8 Å². The molecule has 0 atom stereocenters. The molecule has 228 valence electrons. The Bertz CT molecular complexity index is 1890. The molecule has 0 unspecified atom stereocenters. The Morgan fingerprint density at radius 1 is 0.978 bits per heavy atom. The number of anilines is 3. The highest BCUT2D eigenvalue weighted by molar-refractivity contribution is 5.77. The molecule has 1 saturated heterocycles. The summed E-state index contributed by atoms with van der Waals surface area (Å²) in [6.45, 7) is 2.47. The van der Waals surface area contributed by atoms with Gasteiger partial charge in [-0.15, -0.1) is 0 Å². The first-order valence-corrected chi connectivity index (χ1v) is 16.1. The zero-order chi connectivity index (χ0) is 30.6. The van der Waals surface area contributed by atoms with Crippen LogP contribution in [0.15, 0.2) is 90.0 Å². The van der Waals surface area contributed by atoms with Crippen molar-refractivity contribution in [3.8, 4) is 17.5 Å². The van der Waals surface area contributed by atoms with Crippen LogP contribution in [0.4, 0.5) is 17.3 Å². The van der Waals surface area contributed by atoms with Gasteiger partial charge in [-0.2, -0.15) is 4.98 Å². The molecule has 0 radical (unpaired) electrons. The van der Waals surface area contributed by atoms with E-state index in [1.165, 1.54) is 18.5 Å². The van der Waals surface area contributed by atoms with Crippen molar-refractivity contribution >= 4 is 28.4 Å². The lowest BCUT2D eigenvalue weighted by molar-refractivity contribution is 0.443. The molecule has 1 aliphatic carbocycles. The number of para-hydroxylation sites is 1. The average Bonchev–Trinajstić information content (AvgIpc) is 3.79. The highest BCUT2D eigenvalue weighted by atomic mass is 16.1. The summed E-state index contributed by atoms with van der Waals surface area (Å²) in [6.07, 6.45) is 10.7. The van der Waals surface area contributed by atoms with Crippen molar-refractivity contribution < 1.29 is 0 Å². The highest BCUT2D eigenvalue weighted by Gasteiger charge is 2.19. The van der Waals surface area contributed by atoms with Gasteiger partial charge >= 0.3 is 0 Å². The second-order valence-electron chi connectivity index (χ2n) is 12.1. The lowest BCUT2D eigenvalue weighted by Crippen LogP contribution is -2.41. The first-order valence-electron chi connectivity index (χ1n) is 16.1. The van der Waals surface area contributed by atoms with E-state index in [0.717, 1.165) is 61.2 Å². The largest absolute Gasteiger partial charge is 0.372 e. The average molecular weight is 598 g/mol. The van der Waals surface area contributed by atoms with Crippen LogP contribution in [0.1, 0.15) is 49.8 Å². The maximum atomic E-state index is 14.0. The number of hydrogen-bond acceptors (Lipinski definition) is 6. The van der Waals surface area contributed by atoms with Crippen molar-refractivity contribution in [2.45, 2.75) is 51.1 Å². The van der Waals surface area contributed by atoms with E-state index < -0.39 is 0 Å². The van der Waals surface area contributed by atoms with Gasteiger partial charge in [0.15, 0.2) is 0 Å². The minimum Gasteiger partial charge on any atom is -0.372 e. The molecule has 4 heterocycles. The summed E-state index contributed by atoms with van der Waals surface area (Å²) in [5, 5.41) is 7.59. The molecule has 2 fully saturated rings. The number of fused-ring (bicyclic) bond motifs is 1. The van der Waals surface area contributed by atoms with E-state index in [-0.39, 0.29) is 5.56 Å². The van der Waals surface area contributed by atoms with Gasteiger partial charge in [-0.1, -0.05) is 42.9 Å². The Morgan fingerprint density at radius 3 is 2.53 bits per heavy atom. The fourth-order valence-electron chi connectivity index (χ4n) is 6.57. The number of nitrogens with zero attached hydrogens (tertiary/aromatic N) is 5. The number of hydrogen-bond donors (Lipinski definition) is 2. The van der Waals surface area contributed by atoms with E-state index in [1.807, 2.05) is 42.6 Å². The highest BCUT2D eigenvalue weighted by Crippen LogP contribution is 2.25. The molecule has 1 aliphatic heterocycles. The quantitative estimate of drug-likeness (QED) is 0.221. The molecular weight excluding hydrogens is 558 g/mol.